The van der Waals surface area contributed by atoms with Gasteiger partial charge in [-0.2, -0.15) is 0 Å². The summed E-state index contributed by atoms with van der Waals surface area (Å²) in [4.78, 5) is 37.0. The van der Waals surface area contributed by atoms with Gasteiger partial charge in [-0.05, 0) is 49.1 Å². The van der Waals surface area contributed by atoms with Gasteiger partial charge in [0, 0.05) is 57.9 Å². The Hall–Kier alpha value is -3.49. The molecule has 2 saturated heterocycles. The summed E-state index contributed by atoms with van der Waals surface area (Å²) in [5.74, 6) is -0.0575. The Labute approximate surface area is 212 Å². The minimum Gasteiger partial charge on any atom is -0.383 e. The second-order valence-electron chi connectivity index (χ2n) is 9.51. The smallest absolute Gasteiger partial charge is 0.327 e. The van der Waals surface area contributed by atoms with Crippen LogP contribution in [0.4, 0.5) is 4.79 Å². The number of hydrogen-bond donors (Lipinski definition) is 0. The highest BCUT2D eigenvalue weighted by Crippen LogP contribution is 2.37. The number of piperidine rings is 1. The lowest BCUT2D eigenvalue weighted by atomic mass is 9.85. The summed E-state index contributed by atoms with van der Waals surface area (Å²) in [6, 6.07) is 18.0. The largest absolute Gasteiger partial charge is 0.383 e. The Morgan fingerprint density at radius 3 is 2.50 bits per heavy atom. The molecule has 0 unspecified atom stereocenters. The third-order valence-corrected chi connectivity index (χ3v) is 7.43. The van der Waals surface area contributed by atoms with Gasteiger partial charge in [0.25, 0.3) is 5.91 Å². The molecule has 5 rings (SSSR count). The number of carbonyl (C=O) groups excluding carboxylic acids is 2. The standard InChI is InChI=1S/C28H33N5O3/c1-36-20-19-33-27(35)32(16-11-23-7-3-2-4-8-23)26(34)28(33)12-17-30(18-13-28)22-25-10-6-15-31(25)24-9-5-14-29-21-24/h2-10,14-15,21H,11-13,16-20,22H2,1H3. The number of hydrogen-bond acceptors (Lipinski definition) is 5. The normalized spacial score (nSPS) is 17.9. The minimum atomic E-state index is -0.784. The van der Waals surface area contributed by atoms with Crippen LogP contribution in [0.15, 0.2) is 73.2 Å². The van der Waals surface area contributed by atoms with Crippen molar-refractivity contribution in [2.45, 2.75) is 31.3 Å². The number of carbonyl (C=O) groups is 2. The average Bonchev–Trinajstić information content (AvgIpc) is 3.45. The SMILES string of the molecule is COCCN1C(=O)N(CCc2ccccc2)C(=O)C12CCN(Cc1cccn1-c1cccnc1)CC2. The van der Waals surface area contributed by atoms with Gasteiger partial charge in [-0.3, -0.25) is 19.6 Å². The molecule has 0 N–H and O–H groups in total. The topological polar surface area (TPSA) is 70.9 Å². The monoisotopic (exact) mass is 487 g/mol. The van der Waals surface area contributed by atoms with Crippen LogP contribution in [0.3, 0.4) is 0 Å². The van der Waals surface area contributed by atoms with E-state index < -0.39 is 5.54 Å². The first-order valence-corrected chi connectivity index (χ1v) is 12.6. The fraction of sp³-hybridized carbons (Fsp3) is 0.393. The molecule has 1 aromatic carbocycles. The fourth-order valence-electron chi connectivity index (χ4n) is 5.44. The van der Waals surface area contributed by atoms with Crippen LogP contribution in [0, 0.1) is 0 Å². The van der Waals surface area contributed by atoms with Crippen molar-refractivity contribution in [3.8, 4) is 5.69 Å². The molecule has 0 aliphatic carbocycles. The number of rotatable bonds is 9. The van der Waals surface area contributed by atoms with E-state index in [1.807, 2.05) is 60.9 Å². The minimum absolute atomic E-state index is 0.0575. The highest BCUT2D eigenvalue weighted by Gasteiger charge is 2.57. The van der Waals surface area contributed by atoms with Gasteiger partial charge < -0.3 is 14.2 Å². The fourth-order valence-corrected chi connectivity index (χ4v) is 5.44. The van der Waals surface area contributed by atoms with E-state index in [2.05, 4.69) is 20.5 Å². The predicted molar refractivity (Wildman–Crippen MR) is 137 cm³/mol. The molecule has 36 heavy (non-hydrogen) atoms. The molecular formula is C28H33N5O3. The van der Waals surface area contributed by atoms with Crippen molar-refractivity contribution < 1.29 is 14.3 Å². The van der Waals surface area contributed by atoms with E-state index in [-0.39, 0.29) is 11.9 Å². The van der Waals surface area contributed by atoms with Gasteiger partial charge in [0.15, 0.2) is 0 Å². The number of aromatic nitrogens is 2. The zero-order chi connectivity index (χ0) is 25.0. The lowest BCUT2D eigenvalue weighted by Gasteiger charge is -2.42. The van der Waals surface area contributed by atoms with Crippen molar-refractivity contribution in [2.75, 3.05) is 39.9 Å². The molecule has 3 aromatic rings. The maximum Gasteiger partial charge on any atom is 0.327 e. The number of pyridine rings is 1. The van der Waals surface area contributed by atoms with Crippen LogP contribution in [0.25, 0.3) is 5.69 Å². The molecule has 0 atom stereocenters. The van der Waals surface area contributed by atoms with Crippen molar-refractivity contribution in [1.29, 1.82) is 0 Å². The molecule has 188 valence electrons. The summed E-state index contributed by atoms with van der Waals surface area (Å²) in [6.07, 6.45) is 7.58. The van der Waals surface area contributed by atoms with E-state index in [9.17, 15) is 9.59 Å². The molecule has 8 nitrogen and oxygen atoms in total. The molecule has 3 amide bonds. The molecule has 0 radical (unpaired) electrons. The van der Waals surface area contributed by atoms with E-state index in [0.717, 1.165) is 30.9 Å². The van der Waals surface area contributed by atoms with E-state index >= 15 is 0 Å². The molecule has 2 aliphatic heterocycles. The van der Waals surface area contributed by atoms with Gasteiger partial charge in [0.05, 0.1) is 18.5 Å². The highest BCUT2D eigenvalue weighted by atomic mass is 16.5. The number of amides is 3. The van der Waals surface area contributed by atoms with Crippen molar-refractivity contribution in [3.05, 3.63) is 84.4 Å². The number of methoxy groups -OCH3 is 1. The van der Waals surface area contributed by atoms with Crippen LogP contribution in [0.5, 0.6) is 0 Å². The van der Waals surface area contributed by atoms with E-state index in [4.69, 9.17) is 4.74 Å². The second-order valence-corrected chi connectivity index (χ2v) is 9.51. The molecule has 2 aromatic heterocycles. The zero-order valence-corrected chi connectivity index (χ0v) is 20.8. The van der Waals surface area contributed by atoms with Crippen LogP contribution in [0.1, 0.15) is 24.1 Å². The third-order valence-electron chi connectivity index (χ3n) is 7.43. The summed E-state index contributed by atoms with van der Waals surface area (Å²) in [5.41, 5.74) is 2.54. The Bertz CT molecular complexity index is 1170. The summed E-state index contributed by atoms with van der Waals surface area (Å²) in [7, 11) is 1.63. The highest BCUT2D eigenvalue weighted by molar-refractivity contribution is 6.07. The molecule has 0 saturated carbocycles. The first-order valence-electron chi connectivity index (χ1n) is 12.6. The summed E-state index contributed by atoms with van der Waals surface area (Å²) >= 11 is 0. The lowest BCUT2D eigenvalue weighted by molar-refractivity contribution is -0.135. The first-order chi connectivity index (χ1) is 17.6. The number of ether oxygens (including phenoxy) is 1. The molecule has 1 spiro atoms. The maximum atomic E-state index is 13.7. The van der Waals surface area contributed by atoms with E-state index in [0.29, 0.717) is 39.0 Å². The van der Waals surface area contributed by atoms with Crippen LogP contribution in [-0.2, 0) is 22.5 Å². The Morgan fingerprint density at radius 1 is 0.972 bits per heavy atom. The molecule has 2 aliphatic rings. The molecule has 2 fully saturated rings. The van der Waals surface area contributed by atoms with Crippen LogP contribution in [-0.4, -0.2) is 81.6 Å². The van der Waals surface area contributed by atoms with Gasteiger partial charge in [-0.15, -0.1) is 0 Å². The first kappa shape index (κ1) is 24.2. The van der Waals surface area contributed by atoms with Gasteiger partial charge >= 0.3 is 6.03 Å². The summed E-state index contributed by atoms with van der Waals surface area (Å²) < 4.78 is 7.44. The van der Waals surface area contributed by atoms with Crippen molar-refractivity contribution in [2.24, 2.45) is 0 Å². The van der Waals surface area contributed by atoms with Crippen LogP contribution in [0.2, 0.25) is 0 Å². The average molecular weight is 488 g/mol. The van der Waals surface area contributed by atoms with Gasteiger partial charge in [-0.1, -0.05) is 30.3 Å². The van der Waals surface area contributed by atoms with Crippen LogP contribution >= 0.6 is 0 Å². The Balaban J connectivity index is 1.29. The van der Waals surface area contributed by atoms with Gasteiger partial charge in [0.2, 0.25) is 0 Å². The quantitative estimate of drug-likeness (QED) is 0.433. The third kappa shape index (κ3) is 4.66. The summed E-state index contributed by atoms with van der Waals surface area (Å²) in [6.45, 7) is 3.49. The number of nitrogens with zero attached hydrogens (tertiary/aromatic N) is 5. The number of likely N-dealkylation sites (tertiary alicyclic amines) is 1. The van der Waals surface area contributed by atoms with Crippen molar-refractivity contribution >= 4 is 11.9 Å². The van der Waals surface area contributed by atoms with E-state index in [1.54, 1.807) is 18.2 Å². The number of urea groups is 1. The van der Waals surface area contributed by atoms with Gasteiger partial charge in [-0.25, -0.2) is 4.79 Å². The molecule has 8 heteroatoms. The molecule has 0 bridgehead atoms. The van der Waals surface area contributed by atoms with E-state index in [1.165, 1.54) is 10.6 Å². The summed E-state index contributed by atoms with van der Waals surface area (Å²) in [5, 5.41) is 0. The molecule has 4 heterocycles. The predicted octanol–water partition coefficient (Wildman–Crippen LogP) is 3.36. The second kappa shape index (κ2) is 10.6. The van der Waals surface area contributed by atoms with Crippen LogP contribution < -0.4 is 0 Å². The Morgan fingerprint density at radius 2 is 1.78 bits per heavy atom. The van der Waals surface area contributed by atoms with Gasteiger partial charge in [0.1, 0.15) is 5.54 Å². The van der Waals surface area contributed by atoms with Crippen molar-refractivity contribution in [3.63, 3.8) is 0 Å². The zero-order valence-electron chi connectivity index (χ0n) is 20.8. The van der Waals surface area contributed by atoms with Crippen molar-refractivity contribution in [1.82, 2.24) is 24.3 Å². The maximum absolute atomic E-state index is 13.7. The Kier molecular flexibility index (Phi) is 7.16. The lowest BCUT2D eigenvalue weighted by Crippen LogP contribution is -2.57. The molecular weight excluding hydrogens is 454 g/mol. The number of benzene rings is 1. The number of imide groups is 1.